The number of hydrogen-bond acceptors (Lipinski definition) is 1. The molecule has 1 aliphatic heterocycles. The van der Waals surface area contributed by atoms with Crippen LogP contribution in [0.3, 0.4) is 0 Å². The largest absolute Gasteiger partial charge is 0.371 e. The zero-order chi connectivity index (χ0) is 17.1. The standard InChI is InChI=1S/C22H24ClN2/c23-19-10-11-20-21(24-13-6-1-2-7-14-24)12-15-25(22(20)16-19)17-18-8-4-3-5-9-18/h3-5,8-12,15-16H,1-2,6-7,13-14,17H2/q+1. The summed E-state index contributed by atoms with van der Waals surface area (Å²) in [6.45, 7) is 3.17. The Balaban J connectivity index is 1.78. The highest BCUT2D eigenvalue weighted by molar-refractivity contribution is 6.31. The normalized spacial score (nSPS) is 15.3. The fourth-order valence-electron chi connectivity index (χ4n) is 3.80. The average molecular weight is 352 g/mol. The van der Waals surface area contributed by atoms with Crippen molar-refractivity contribution in [2.45, 2.75) is 32.2 Å². The molecule has 0 atom stereocenters. The lowest BCUT2D eigenvalue weighted by Crippen LogP contribution is -2.36. The number of rotatable bonds is 3. The molecular weight excluding hydrogens is 328 g/mol. The highest BCUT2D eigenvalue weighted by Crippen LogP contribution is 2.28. The van der Waals surface area contributed by atoms with E-state index in [1.807, 2.05) is 6.07 Å². The minimum Gasteiger partial charge on any atom is -0.371 e. The van der Waals surface area contributed by atoms with E-state index in [1.165, 1.54) is 47.8 Å². The number of benzene rings is 2. The lowest BCUT2D eigenvalue weighted by atomic mass is 10.1. The van der Waals surface area contributed by atoms with Crippen LogP contribution in [0.5, 0.6) is 0 Å². The molecule has 4 rings (SSSR count). The van der Waals surface area contributed by atoms with Gasteiger partial charge in [0.05, 0.1) is 11.1 Å². The molecule has 1 aromatic heterocycles. The SMILES string of the molecule is Clc1ccc2c(N3CCCCCC3)cc[n+](Cc3ccccc3)c2c1. The monoisotopic (exact) mass is 351 g/mol. The highest BCUT2D eigenvalue weighted by Gasteiger charge is 2.18. The second-order valence-electron chi connectivity index (χ2n) is 6.88. The van der Waals surface area contributed by atoms with Crippen LogP contribution in [-0.2, 0) is 6.54 Å². The van der Waals surface area contributed by atoms with Crippen LogP contribution in [0.25, 0.3) is 10.9 Å². The molecule has 0 bridgehead atoms. The maximum Gasteiger partial charge on any atom is 0.216 e. The van der Waals surface area contributed by atoms with Crippen LogP contribution >= 0.6 is 11.6 Å². The molecule has 2 heterocycles. The Morgan fingerprint density at radius 1 is 0.880 bits per heavy atom. The van der Waals surface area contributed by atoms with Gasteiger partial charge in [-0.15, -0.1) is 0 Å². The number of nitrogens with zero attached hydrogens (tertiary/aromatic N) is 2. The van der Waals surface area contributed by atoms with E-state index in [0.717, 1.165) is 24.7 Å². The van der Waals surface area contributed by atoms with Gasteiger partial charge in [-0.1, -0.05) is 54.8 Å². The van der Waals surface area contributed by atoms with Crippen molar-refractivity contribution in [3.63, 3.8) is 0 Å². The molecule has 2 aromatic carbocycles. The van der Waals surface area contributed by atoms with E-state index in [9.17, 15) is 0 Å². The van der Waals surface area contributed by atoms with Crippen LogP contribution in [0.15, 0.2) is 60.8 Å². The molecule has 2 nitrogen and oxygen atoms in total. The molecule has 0 spiro atoms. The third-order valence-corrected chi connectivity index (χ3v) is 5.34. The summed E-state index contributed by atoms with van der Waals surface area (Å²) in [5.74, 6) is 0. The number of pyridine rings is 1. The topological polar surface area (TPSA) is 7.12 Å². The molecule has 0 N–H and O–H groups in total. The number of anilines is 1. The van der Waals surface area contributed by atoms with Gasteiger partial charge in [-0.25, -0.2) is 0 Å². The minimum atomic E-state index is 0.794. The first-order chi connectivity index (χ1) is 12.3. The molecule has 0 amide bonds. The Bertz CT molecular complexity index is 853. The summed E-state index contributed by atoms with van der Waals surface area (Å²) in [6.07, 6.45) is 7.48. The van der Waals surface area contributed by atoms with E-state index in [1.54, 1.807) is 0 Å². The third-order valence-electron chi connectivity index (χ3n) is 5.10. The molecule has 1 saturated heterocycles. The average Bonchev–Trinajstić information content (AvgIpc) is 2.92. The van der Waals surface area contributed by atoms with E-state index in [0.29, 0.717) is 0 Å². The predicted octanol–water partition coefficient (Wildman–Crippen LogP) is 5.21. The van der Waals surface area contributed by atoms with Crippen molar-refractivity contribution in [1.82, 2.24) is 0 Å². The number of hydrogen-bond donors (Lipinski definition) is 0. The Morgan fingerprint density at radius 3 is 2.40 bits per heavy atom. The van der Waals surface area contributed by atoms with Crippen LogP contribution in [0, 0.1) is 0 Å². The van der Waals surface area contributed by atoms with Crippen LogP contribution in [-0.4, -0.2) is 13.1 Å². The lowest BCUT2D eigenvalue weighted by molar-refractivity contribution is -0.662. The van der Waals surface area contributed by atoms with Gasteiger partial charge in [-0.2, -0.15) is 4.57 Å². The molecule has 1 fully saturated rings. The second-order valence-corrected chi connectivity index (χ2v) is 7.31. The van der Waals surface area contributed by atoms with Crippen LogP contribution in [0.2, 0.25) is 5.02 Å². The van der Waals surface area contributed by atoms with E-state index < -0.39 is 0 Å². The van der Waals surface area contributed by atoms with E-state index in [2.05, 4.69) is 64.2 Å². The van der Waals surface area contributed by atoms with Gasteiger partial charge in [0.1, 0.15) is 0 Å². The van der Waals surface area contributed by atoms with Crippen molar-refractivity contribution >= 4 is 28.2 Å². The molecule has 0 aliphatic carbocycles. The summed E-state index contributed by atoms with van der Waals surface area (Å²) in [4.78, 5) is 2.55. The zero-order valence-corrected chi connectivity index (χ0v) is 15.3. The smallest absolute Gasteiger partial charge is 0.216 e. The molecule has 128 valence electrons. The Labute approximate surface area is 154 Å². The second kappa shape index (κ2) is 7.45. The Morgan fingerprint density at radius 2 is 1.64 bits per heavy atom. The molecule has 0 radical (unpaired) electrons. The van der Waals surface area contributed by atoms with Gasteiger partial charge in [0, 0.05) is 35.8 Å². The van der Waals surface area contributed by atoms with Crippen LogP contribution < -0.4 is 9.47 Å². The van der Waals surface area contributed by atoms with Gasteiger partial charge in [0.15, 0.2) is 12.7 Å². The fraction of sp³-hybridized carbons (Fsp3) is 0.318. The fourth-order valence-corrected chi connectivity index (χ4v) is 3.96. The lowest BCUT2D eigenvalue weighted by Gasteiger charge is -2.23. The molecule has 3 aromatic rings. The van der Waals surface area contributed by atoms with Gasteiger partial charge in [0.2, 0.25) is 5.52 Å². The molecule has 3 heteroatoms. The Kier molecular flexibility index (Phi) is 4.89. The molecular formula is C22H24ClN2+. The third kappa shape index (κ3) is 3.64. The van der Waals surface area contributed by atoms with Gasteiger partial charge < -0.3 is 4.90 Å². The van der Waals surface area contributed by atoms with E-state index in [4.69, 9.17) is 11.6 Å². The van der Waals surface area contributed by atoms with Crippen LogP contribution in [0.4, 0.5) is 5.69 Å². The summed E-state index contributed by atoms with van der Waals surface area (Å²) in [5.41, 5.74) is 3.85. The number of aromatic nitrogens is 1. The summed E-state index contributed by atoms with van der Waals surface area (Å²) in [6, 6.07) is 19.2. The maximum atomic E-state index is 6.33. The summed E-state index contributed by atoms with van der Waals surface area (Å²) >= 11 is 6.33. The first-order valence-corrected chi connectivity index (χ1v) is 9.60. The van der Waals surface area contributed by atoms with Gasteiger partial charge in [0.25, 0.3) is 0 Å². The zero-order valence-electron chi connectivity index (χ0n) is 14.5. The van der Waals surface area contributed by atoms with Crippen molar-refractivity contribution in [2.24, 2.45) is 0 Å². The molecule has 0 unspecified atom stereocenters. The summed E-state index contributed by atoms with van der Waals surface area (Å²) < 4.78 is 2.30. The van der Waals surface area contributed by atoms with E-state index in [-0.39, 0.29) is 0 Å². The van der Waals surface area contributed by atoms with Gasteiger partial charge >= 0.3 is 0 Å². The first-order valence-electron chi connectivity index (χ1n) is 9.22. The van der Waals surface area contributed by atoms with Crippen LogP contribution in [0.1, 0.15) is 31.2 Å². The predicted molar refractivity (Wildman–Crippen MR) is 105 cm³/mol. The molecule has 1 aliphatic rings. The summed E-state index contributed by atoms with van der Waals surface area (Å²) in [7, 11) is 0. The highest BCUT2D eigenvalue weighted by atomic mass is 35.5. The number of fused-ring (bicyclic) bond motifs is 1. The van der Waals surface area contributed by atoms with E-state index >= 15 is 0 Å². The van der Waals surface area contributed by atoms with Crippen molar-refractivity contribution < 1.29 is 4.57 Å². The molecule has 25 heavy (non-hydrogen) atoms. The van der Waals surface area contributed by atoms with Crippen molar-refractivity contribution in [2.75, 3.05) is 18.0 Å². The number of halogens is 1. The van der Waals surface area contributed by atoms with Crippen molar-refractivity contribution in [3.05, 3.63) is 71.4 Å². The van der Waals surface area contributed by atoms with Crippen molar-refractivity contribution in [1.29, 1.82) is 0 Å². The first kappa shape index (κ1) is 16.4. The van der Waals surface area contributed by atoms with Gasteiger partial charge in [-0.05, 0) is 25.0 Å². The minimum absolute atomic E-state index is 0.794. The Hall–Kier alpha value is -2.06. The molecule has 0 saturated carbocycles. The van der Waals surface area contributed by atoms with Crippen molar-refractivity contribution in [3.8, 4) is 0 Å². The summed E-state index contributed by atoms with van der Waals surface area (Å²) in [5, 5.41) is 2.09. The maximum absolute atomic E-state index is 6.33. The quantitative estimate of drug-likeness (QED) is 0.587. The van der Waals surface area contributed by atoms with Gasteiger partial charge in [-0.3, -0.25) is 0 Å².